The molecule has 5 heteroatoms. The summed E-state index contributed by atoms with van der Waals surface area (Å²) in [4.78, 5) is 15.8. The average Bonchev–Trinajstić information content (AvgIpc) is 3.07. The van der Waals surface area contributed by atoms with E-state index in [0.717, 1.165) is 27.9 Å². The highest BCUT2D eigenvalue weighted by Crippen LogP contribution is 2.38. The Morgan fingerprint density at radius 3 is 1.82 bits per heavy atom. The molecule has 0 unspecified atom stereocenters. The van der Waals surface area contributed by atoms with Crippen molar-refractivity contribution < 1.29 is 9.53 Å². The van der Waals surface area contributed by atoms with Gasteiger partial charge in [-0.15, -0.1) is 5.54 Å². The lowest BCUT2D eigenvalue weighted by Gasteiger charge is -2.39. The minimum absolute atomic E-state index is 0.0591. The van der Waals surface area contributed by atoms with E-state index >= 15 is 0 Å². The van der Waals surface area contributed by atoms with E-state index in [0.29, 0.717) is 5.75 Å². The molecule has 0 spiro atoms. The van der Waals surface area contributed by atoms with E-state index in [1.54, 1.807) is 4.90 Å². The lowest BCUT2D eigenvalue weighted by atomic mass is 9.76. The van der Waals surface area contributed by atoms with Crippen LogP contribution in [0.4, 0.5) is 5.69 Å². The van der Waals surface area contributed by atoms with Gasteiger partial charge in [-0.2, -0.15) is 0 Å². The maximum Gasteiger partial charge on any atom is 0.247 e. The Hall–Kier alpha value is -4.11. The Kier molecular flexibility index (Phi) is 7.43. The van der Waals surface area contributed by atoms with Crippen molar-refractivity contribution in [3.05, 3.63) is 131 Å². The molecule has 5 rings (SSSR count). The first-order chi connectivity index (χ1) is 18.8. The maximum absolute atomic E-state index is 14.1. The zero-order valence-electron chi connectivity index (χ0n) is 22.9. The lowest BCUT2D eigenvalue weighted by Crippen LogP contribution is -2.56. The van der Waals surface area contributed by atoms with E-state index in [1.807, 2.05) is 79.8 Å². The van der Waals surface area contributed by atoms with Gasteiger partial charge in [-0.3, -0.25) is 10.1 Å². The second kappa shape index (κ2) is 10.9. The molecule has 4 aromatic carbocycles. The summed E-state index contributed by atoms with van der Waals surface area (Å²) >= 11 is 0. The number of fused-ring (bicyclic) bond motifs is 1. The summed E-state index contributed by atoms with van der Waals surface area (Å²) in [5, 5.41) is 3.79. The van der Waals surface area contributed by atoms with Crippen LogP contribution in [0.3, 0.4) is 0 Å². The summed E-state index contributed by atoms with van der Waals surface area (Å²) in [7, 11) is 0.282. The number of benzene rings is 4. The number of carbonyl (C=O) groups excluding carboxylic acids is 1. The van der Waals surface area contributed by atoms with Gasteiger partial charge in [-0.05, 0) is 34.9 Å². The third kappa shape index (κ3) is 5.54. The molecule has 0 aromatic heterocycles. The van der Waals surface area contributed by atoms with Crippen molar-refractivity contribution in [1.82, 2.24) is 5.32 Å². The van der Waals surface area contributed by atoms with E-state index < -0.39 is 19.7 Å². The van der Waals surface area contributed by atoms with Gasteiger partial charge in [0.1, 0.15) is 26.5 Å². The number of ether oxygens (including phenoxy) is 1. The topological polar surface area (TPSA) is 41.6 Å². The number of carbonyl (C=O) groups is 1. The quantitative estimate of drug-likeness (QED) is 0.189. The van der Waals surface area contributed by atoms with Gasteiger partial charge in [0.2, 0.25) is 5.91 Å². The molecule has 0 saturated heterocycles. The van der Waals surface area contributed by atoms with Gasteiger partial charge in [0, 0.05) is 12.6 Å². The van der Waals surface area contributed by atoms with Gasteiger partial charge in [-0.1, -0.05) is 117 Å². The van der Waals surface area contributed by atoms with Crippen LogP contribution in [0.5, 0.6) is 5.75 Å². The van der Waals surface area contributed by atoms with Gasteiger partial charge in [0.05, 0.1) is 11.2 Å². The number of nitrogens with one attached hydrogen (secondary N) is 1. The number of anilines is 1. The summed E-state index contributed by atoms with van der Waals surface area (Å²) in [6.07, 6.45) is 0. The normalized spacial score (nSPS) is 15.4. The standard InChI is InChI=1S/C34H34N2O2Si/c1-36-31-24-26(22-23-39(2,3)4)20-21-32(31)38-25-30(33(36)37)35-34(27-14-8-5-9-15-27,28-16-10-6-11-17-28)29-18-12-7-13-19-29/h5-21,24,30,35H,25H2,1-4H3/t30-/m0/s1. The predicted octanol–water partition coefficient (Wildman–Crippen LogP) is 6.22. The Morgan fingerprint density at radius 2 is 1.33 bits per heavy atom. The van der Waals surface area contributed by atoms with Gasteiger partial charge >= 0.3 is 0 Å². The maximum atomic E-state index is 14.1. The van der Waals surface area contributed by atoms with Crippen LogP contribution in [0.1, 0.15) is 22.3 Å². The summed E-state index contributed by atoms with van der Waals surface area (Å²) in [6, 6.07) is 36.1. The van der Waals surface area contributed by atoms with Crippen molar-refractivity contribution in [2.75, 3.05) is 18.6 Å². The monoisotopic (exact) mass is 530 g/mol. The number of hydrogen-bond acceptors (Lipinski definition) is 3. The molecular formula is C34H34N2O2Si. The van der Waals surface area contributed by atoms with E-state index in [2.05, 4.69) is 72.8 Å². The number of rotatable bonds is 5. The van der Waals surface area contributed by atoms with Crippen LogP contribution in [0.2, 0.25) is 19.6 Å². The van der Waals surface area contributed by atoms with Crippen LogP contribution in [0.25, 0.3) is 0 Å². The van der Waals surface area contributed by atoms with E-state index in [9.17, 15) is 4.79 Å². The number of amides is 1. The van der Waals surface area contributed by atoms with Crippen molar-refractivity contribution in [3.63, 3.8) is 0 Å². The molecule has 0 bridgehead atoms. The van der Waals surface area contributed by atoms with Crippen LogP contribution in [0.15, 0.2) is 109 Å². The first kappa shape index (κ1) is 26.5. The number of hydrogen-bond donors (Lipinski definition) is 1. The highest BCUT2D eigenvalue weighted by Gasteiger charge is 2.41. The van der Waals surface area contributed by atoms with Crippen LogP contribution >= 0.6 is 0 Å². The molecule has 4 nitrogen and oxygen atoms in total. The Bertz CT molecular complexity index is 1410. The first-order valence-corrected chi connectivity index (χ1v) is 16.8. The average molecular weight is 531 g/mol. The minimum Gasteiger partial charge on any atom is -0.489 e. The van der Waals surface area contributed by atoms with Crippen molar-refractivity contribution in [3.8, 4) is 17.2 Å². The highest BCUT2D eigenvalue weighted by molar-refractivity contribution is 6.83. The molecule has 1 N–H and O–H groups in total. The van der Waals surface area contributed by atoms with Crippen LogP contribution < -0.4 is 15.0 Å². The second-order valence-corrected chi connectivity index (χ2v) is 15.7. The molecular weight excluding hydrogens is 496 g/mol. The van der Waals surface area contributed by atoms with Gasteiger partial charge in [0.25, 0.3) is 0 Å². The fourth-order valence-electron chi connectivity index (χ4n) is 5.02. The van der Waals surface area contributed by atoms with E-state index in [-0.39, 0.29) is 12.5 Å². The molecule has 1 aliphatic heterocycles. The minimum atomic E-state index is -1.53. The molecule has 1 heterocycles. The van der Waals surface area contributed by atoms with Crippen molar-refractivity contribution in [2.24, 2.45) is 0 Å². The van der Waals surface area contributed by atoms with Crippen LogP contribution in [0, 0.1) is 11.5 Å². The third-order valence-electron chi connectivity index (χ3n) is 6.95. The molecule has 0 fully saturated rings. The highest BCUT2D eigenvalue weighted by atomic mass is 28.3. The Balaban J connectivity index is 1.58. The predicted molar refractivity (Wildman–Crippen MR) is 162 cm³/mol. The van der Waals surface area contributed by atoms with Crippen molar-refractivity contribution >= 4 is 19.7 Å². The van der Waals surface area contributed by atoms with Gasteiger partial charge in [0.15, 0.2) is 0 Å². The molecule has 0 saturated carbocycles. The van der Waals surface area contributed by atoms with E-state index in [4.69, 9.17) is 4.74 Å². The smallest absolute Gasteiger partial charge is 0.247 e. The summed E-state index contributed by atoms with van der Waals surface area (Å²) in [5.74, 6) is 3.93. The number of nitrogens with zero attached hydrogens (tertiary/aromatic N) is 1. The third-order valence-corrected chi connectivity index (χ3v) is 7.82. The first-order valence-electron chi connectivity index (χ1n) is 13.3. The number of likely N-dealkylation sites (N-methyl/N-ethyl adjacent to an activating group) is 1. The van der Waals surface area contributed by atoms with Crippen LogP contribution in [-0.4, -0.2) is 33.7 Å². The van der Waals surface area contributed by atoms with Crippen molar-refractivity contribution in [1.29, 1.82) is 0 Å². The fraction of sp³-hybridized carbons (Fsp3) is 0.206. The van der Waals surface area contributed by atoms with Gasteiger partial charge in [-0.25, -0.2) is 0 Å². The molecule has 196 valence electrons. The second-order valence-electron chi connectivity index (χ2n) is 10.9. The fourth-order valence-corrected chi connectivity index (χ4v) is 5.53. The van der Waals surface area contributed by atoms with Gasteiger partial charge < -0.3 is 9.64 Å². The van der Waals surface area contributed by atoms with Crippen molar-refractivity contribution in [2.45, 2.75) is 31.2 Å². The zero-order chi connectivity index (χ0) is 27.5. The summed E-state index contributed by atoms with van der Waals surface area (Å²) in [6.45, 7) is 6.86. The molecule has 0 radical (unpaired) electrons. The molecule has 1 atom stereocenters. The Morgan fingerprint density at radius 1 is 0.821 bits per heavy atom. The largest absolute Gasteiger partial charge is 0.489 e. The summed E-state index contributed by atoms with van der Waals surface area (Å²) in [5.41, 5.74) is 7.39. The molecule has 39 heavy (non-hydrogen) atoms. The SMILES string of the molecule is CN1C(=O)[C@@H](NC(c2ccccc2)(c2ccccc2)c2ccccc2)COc2ccc(C#C[Si](C)(C)C)cc21. The van der Waals surface area contributed by atoms with E-state index in [1.165, 1.54) is 0 Å². The lowest BCUT2D eigenvalue weighted by molar-refractivity contribution is -0.121. The zero-order valence-corrected chi connectivity index (χ0v) is 23.9. The molecule has 0 aliphatic carbocycles. The molecule has 1 aliphatic rings. The summed E-state index contributed by atoms with van der Waals surface area (Å²) < 4.78 is 6.29. The Labute approximate surface area is 232 Å². The molecule has 4 aromatic rings. The molecule has 1 amide bonds. The van der Waals surface area contributed by atoms with Crippen LogP contribution in [-0.2, 0) is 10.3 Å².